The zero-order valence-corrected chi connectivity index (χ0v) is 13.4. The van der Waals surface area contributed by atoms with E-state index in [1.54, 1.807) is 0 Å². The average molecular weight is 429 g/mol. The number of rotatable bonds is 6. The van der Waals surface area contributed by atoms with Crippen LogP contribution in [-0.4, -0.2) is 3.23 Å². The van der Waals surface area contributed by atoms with Gasteiger partial charge in [-0.1, -0.05) is 96.3 Å². The summed E-state index contributed by atoms with van der Waals surface area (Å²) in [6.07, 6.45) is 6.26. The van der Waals surface area contributed by atoms with Gasteiger partial charge in [-0.2, -0.15) is 0 Å². The summed E-state index contributed by atoms with van der Waals surface area (Å²) in [7, 11) is 0. The quantitative estimate of drug-likeness (QED) is 0.375. The van der Waals surface area contributed by atoms with Gasteiger partial charge in [0.05, 0.1) is 0 Å². The third-order valence-electron chi connectivity index (χ3n) is 1.62. The van der Waals surface area contributed by atoms with Gasteiger partial charge in [0, 0.05) is 0 Å². The van der Waals surface area contributed by atoms with E-state index in [1.807, 2.05) is 0 Å². The summed E-state index contributed by atoms with van der Waals surface area (Å²) in [6.45, 7) is 2.22. The first-order valence-corrected chi connectivity index (χ1v) is 7.24. The second-order valence-electron chi connectivity index (χ2n) is 2.78. The van der Waals surface area contributed by atoms with Crippen LogP contribution in [0.5, 0.6) is 0 Å². The van der Waals surface area contributed by atoms with E-state index in [1.165, 1.54) is 25.7 Å². The van der Waals surface area contributed by atoms with Crippen molar-refractivity contribution in [2.75, 3.05) is 0 Å². The fourth-order valence-corrected chi connectivity index (χ4v) is 1.83. The molecule has 0 amide bonds. The van der Waals surface area contributed by atoms with Gasteiger partial charge in [-0.3, -0.25) is 0 Å². The molecule has 0 atom stereocenters. The summed E-state index contributed by atoms with van der Waals surface area (Å²) in [5.74, 6) is 0. The lowest BCUT2D eigenvalue weighted by Crippen LogP contribution is -2.13. The average Bonchev–Trinajstić information content (AvgIpc) is 1.98. The lowest BCUT2D eigenvalue weighted by atomic mass is 10.1. The molecule has 0 bridgehead atoms. The van der Waals surface area contributed by atoms with Crippen LogP contribution in [0.15, 0.2) is 0 Å². The molecule has 0 aromatic rings. The number of hydrogen-bond acceptors (Lipinski definition) is 0. The molecule has 0 aliphatic heterocycles. The van der Waals surface area contributed by atoms with E-state index in [4.69, 9.17) is 0 Å². The maximum Gasteiger partial charge on any atom is 0.133 e. The maximum atomic E-state index is 3.58. The van der Waals surface area contributed by atoms with E-state index < -0.39 is 0 Å². The van der Waals surface area contributed by atoms with Crippen LogP contribution in [0, 0.1) is 3.74 Å². The molecule has 0 heterocycles. The van der Waals surface area contributed by atoms with Crippen LogP contribution in [0.1, 0.15) is 39.0 Å². The number of halogens is 4. The highest BCUT2D eigenvalue weighted by Gasteiger charge is 2.29. The predicted molar refractivity (Wildman–Crippen MR) is 70.4 cm³/mol. The monoisotopic (exact) mass is 425 g/mol. The van der Waals surface area contributed by atoms with Crippen molar-refractivity contribution >= 4 is 63.7 Å². The standard InChI is InChI=1S/C8H13Br4/c1-2-3-4-5-6-8(11,12)7(9)10/h2-6H2,1H3. The predicted octanol–water partition coefficient (Wildman–Crippen LogP) is 5.72. The summed E-state index contributed by atoms with van der Waals surface area (Å²) in [4.78, 5) is 0. The summed E-state index contributed by atoms with van der Waals surface area (Å²) in [6, 6.07) is 0. The minimum atomic E-state index is -0.0757. The van der Waals surface area contributed by atoms with Crippen LogP contribution in [-0.2, 0) is 0 Å². The molecule has 0 aromatic heterocycles. The van der Waals surface area contributed by atoms with Crippen molar-refractivity contribution in [2.24, 2.45) is 0 Å². The normalized spacial score (nSPS) is 12.5. The van der Waals surface area contributed by atoms with Crippen LogP contribution < -0.4 is 0 Å². The Morgan fingerprint density at radius 3 is 2.08 bits per heavy atom. The van der Waals surface area contributed by atoms with E-state index in [9.17, 15) is 0 Å². The second kappa shape index (κ2) is 7.24. The van der Waals surface area contributed by atoms with Gasteiger partial charge < -0.3 is 0 Å². The van der Waals surface area contributed by atoms with E-state index in [0.29, 0.717) is 0 Å². The van der Waals surface area contributed by atoms with Gasteiger partial charge in [0.1, 0.15) is 6.97 Å². The van der Waals surface area contributed by atoms with Crippen molar-refractivity contribution in [1.29, 1.82) is 0 Å². The van der Waals surface area contributed by atoms with Gasteiger partial charge in [0.2, 0.25) is 0 Å². The molecule has 4 heteroatoms. The molecule has 0 fully saturated rings. The van der Waals surface area contributed by atoms with E-state index in [-0.39, 0.29) is 3.23 Å². The molecule has 0 aromatic carbocycles. The van der Waals surface area contributed by atoms with Crippen LogP contribution >= 0.6 is 63.7 Å². The first kappa shape index (κ1) is 13.9. The summed E-state index contributed by atoms with van der Waals surface area (Å²) >= 11 is 14.0. The van der Waals surface area contributed by atoms with E-state index in [0.717, 1.165) is 10.2 Å². The van der Waals surface area contributed by atoms with E-state index in [2.05, 4.69) is 70.6 Å². The second-order valence-corrected chi connectivity index (χ2v) is 9.20. The van der Waals surface area contributed by atoms with Crippen molar-refractivity contribution in [2.45, 2.75) is 42.3 Å². The molecule has 12 heavy (non-hydrogen) atoms. The third-order valence-corrected chi connectivity index (χ3v) is 6.69. The Morgan fingerprint density at radius 2 is 1.67 bits per heavy atom. The van der Waals surface area contributed by atoms with Gasteiger partial charge in [-0.25, -0.2) is 0 Å². The number of unbranched alkanes of at least 4 members (excludes halogenated alkanes) is 3. The van der Waals surface area contributed by atoms with Crippen molar-refractivity contribution in [1.82, 2.24) is 0 Å². The first-order valence-electron chi connectivity index (χ1n) is 4.07. The van der Waals surface area contributed by atoms with Gasteiger partial charge in [0.25, 0.3) is 0 Å². The van der Waals surface area contributed by atoms with Crippen molar-refractivity contribution < 1.29 is 0 Å². The molecule has 0 spiro atoms. The molecule has 0 saturated heterocycles. The molecular formula is C8H13Br4. The van der Waals surface area contributed by atoms with Crippen LogP contribution in [0.25, 0.3) is 0 Å². The molecule has 0 N–H and O–H groups in total. The Labute approximate surface area is 109 Å². The third kappa shape index (κ3) is 6.39. The zero-order valence-electron chi connectivity index (χ0n) is 7.05. The Kier molecular flexibility index (Phi) is 8.40. The lowest BCUT2D eigenvalue weighted by Gasteiger charge is -2.20. The Balaban J connectivity index is 3.47. The Hall–Kier alpha value is 1.92. The molecule has 0 aliphatic rings. The summed E-state index contributed by atoms with van der Waals surface area (Å²) in [5, 5.41) is 0. The molecule has 0 nitrogen and oxygen atoms in total. The minimum absolute atomic E-state index is 0.0757. The Bertz CT molecular complexity index is 112. The molecule has 73 valence electrons. The minimum Gasteiger partial charge on any atom is -0.0701 e. The molecular weight excluding hydrogens is 416 g/mol. The van der Waals surface area contributed by atoms with Crippen molar-refractivity contribution in [3.63, 3.8) is 0 Å². The SMILES string of the molecule is CCCCCCC(Br)(Br)[C](Br)Br. The highest BCUT2D eigenvalue weighted by atomic mass is 79.9. The van der Waals surface area contributed by atoms with Crippen molar-refractivity contribution in [3.8, 4) is 0 Å². The van der Waals surface area contributed by atoms with Gasteiger partial charge in [0.15, 0.2) is 0 Å². The molecule has 1 radical (unpaired) electrons. The topological polar surface area (TPSA) is 0 Å². The van der Waals surface area contributed by atoms with Gasteiger partial charge in [-0.15, -0.1) is 0 Å². The smallest absolute Gasteiger partial charge is 0.0701 e. The lowest BCUT2D eigenvalue weighted by molar-refractivity contribution is 0.633. The molecule has 0 saturated carbocycles. The van der Waals surface area contributed by atoms with Crippen LogP contribution in [0.4, 0.5) is 0 Å². The number of hydrogen-bond donors (Lipinski definition) is 0. The van der Waals surface area contributed by atoms with Gasteiger partial charge >= 0.3 is 0 Å². The summed E-state index contributed by atoms with van der Waals surface area (Å²) < 4.78 is 0.951. The van der Waals surface area contributed by atoms with Crippen LogP contribution in [0.2, 0.25) is 0 Å². The fraction of sp³-hybridized carbons (Fsp3) is 0.875. The highest BCUT2D eigenvalue weighted by molar-refractivity contribution is 9.31. The largest absolute Gasteiger partial charge is 0.133 e. The first-order chi connectivity index (χ1) is 5.50. The number of alkyl halides is 2. The molecule has 0 aliphatic carbocycles. The molecule has 0 rings (SSSR count). The van der Waals surface area contributed by atoms with E-state index >= 15 is 0 Å². The zero-order chi connectivity index (χ0) is 9.61. The summed E-state index contributed by atoms with van der Waals surface area (Å²) in [5.41, 5.74) is 0. The Morgan fingerprint density at radius 1 is 1.08 bits per heavy atom. The highest BCUT2D eigenvalue weighted by Crippen LogP contribution is 2.47. The maximum absolute atomic E-state index is 3.58. The molecule has 0 unspecified atom stereocenters. The van der Waals surface area contributed by atoms with Gasteiger partial charge in [-0.05, 0) is 6.42 Å². The van der Waals surface area contributed by atoms with Crippen LogP contribution in [0.3, 0.4) is 0 Å². The fourth-order valence-electron chi connectivity index (χ4n) is 0.868. The van der Waals surface area contributed by atoms with Crippen molar-refractivity contribution in [3.05, 3.63) is 3.74 Å².